The molecule has 0 spiro atoms. The third kappa shape index (κ3) is 4.21. The van der Waals surface area contributed by atoms with Crippen molar-refractivity contribution in [1.29, 1.82) is 5.26 Å². The van der Waals surface area contributed by atoms with Crippen molar-refractivity contribution in [2.45, 2.75) is 58.8 Å². The first kappa shape index (κ1) is 17.0. The van der Waals surface area contributed by atoms with Crippen LogP contribution in [-0.2, 0) is 9.53 Å². The largest absolute Gasteiger partial charge is 0.385 e. The maximum absolute atomic E-state index is 12.5. The molecule has 4 nitrogen and oxygen atoms in total. The molecular formula is C16H28N2O2. The Morgan fingerprint density at radius 1 is 1.35 bits per heavy atom. The van der Waals surface area contributed by atoms with E-state index >= 15 is 0 Å². The molecule has 0 heterocycles. The van der Waals surface area contributed by atoms with Crippen molar-refractivity contribution in [2.75, 3.05) is 20.3 Å². The van der Waals surface area contributed by atoms with Gasteiger partial charge in [-0.25, -0.2) is 0 Å². The number of ether oxygens (including phenoxy) is 1. The van der Waals surface area contributed by atoms with E-state index in [2.05, 4.69) is 11.4 Å². The second kappa shape index (κ2) is 7.64. The fourth-order valence-corrected chi connectivity index (χ4v) is 2.82. The van der Waals surface area contributed by atoms with Gasteiger partial charge in [-0.2, -0.15) is 5.26 Å². The van der Waals surface area contributed by atoms with Crippen LogP contribution in [0.2, 0.25) is 0 Å². The standard InChI is InChI=1S/C16H28N2O2/c1-4-6-16(12-17,7-5-2)14(19)18-13-15(8-9-15)10-11-20-3/h4-11,13H2,1-3H3,(H,18,19). The van der Waals surface area contributed by atoms with Crippen LogP contribution in [0, 0.1) is 22.2 Å². The quantitative estimate of drug-likeness (QED) is 0.669. The summed E-state index contributed by atoms with van der Waals surface area (Å²) in [6.07, 6.45) is 6.30. The minimum absolute atomic E-state index is 0.0765. The van der Waals surface area contributed by atoms with E-state index in [1.165, 1.54) is 0 Å². The van der Waals surface area contributed by atoms with Crippen LogP contribution in [0.5, 0.6) is 0 Å². The maximum Gasteiger partial charge on any atom is 0.240 e. The van der Waals surface area contributed by atoms with E-state index in [9.17, 15) is 10.1 Å². The third-order valence-electron chi connectivity index (χ3n) is 4.42. The summed E-state index contributed by atoms with van der Waals surface area (Å²) in [5.74, 6) is -0.0765. The summed E-state index contributed by atoms with van der Waals surface area (Å²) >= 11 is 0. The first-order chi connectivity index (χ1) is 9.58. The van der Waals surface area contributed by atoms with Crippen LogP contribution in [-0.4, -0.2) is 26.2 Å². The van der Waals surface area contributed by atoms with Gasteiger partial charge in [0.25, 0.3) is 0 Å². The number of methoxy groups -OCH3 is 1. The van der Waals surface area contributed by atoms with Crippen molar-refractivity contribution in [1.82, 2.24) is 5.32 Å². The van der Waals surface area contributed by atoms with Crippen LogP contribution < -0.4 is 5.32 Å². The highest BCUT2D eigenvalue weighted by molar-refractivity contribution is 5.85. The van der Waals surface area contributed by atoms with E-state index in [1.807, 2.05) is 13.8 Å². The summed E-state index contributed by atoms with van der Waals surface area (Å²) in [7, 11) is 1.71. The molecule has 1 aliphatic rings. The average molecular weight is 280 g/mol. The summed E-state index contributed by atoms with van der Waals surface area (Å²) in [5.41, 5.74) is -0.605. The van der Waals surface area contributed by atoms with Crippen molar-refractivity contribution in [3.63, 3.8) is 0 Å². The van der Waals surface area contributed by atoms with Crippen molar-refractivity contribution in [3.8, 4) is 6.07 Å². The molecule has 4 heteroatoms. The smallest absolute Gasteiger partial charge is 0.240 e. The molecule has 1 fully saturated rings. The number of carbonyl (C=O) groups excluding carboxylic acids is 1. The second-order valence-corrected chi connectivity index (χ2v) is 6.12. The Morgan fingerprint density at radius 3 is 2.35 bits per heavy atom. The average Bonchev–Trinajstić information content (AvgIpc) is 3.22. The first-order valence-electron chi connectivity index (χ1n) is 7.76. The van der Waals surface area contributed by atoms with E-state index in [0.717, 1.165) is 38.7 Å². The van der Waals surface area contributed by atoms with Crippen LogP contribution in [0.1, 0.15) is 58.8 Å². The zero-order valence-electron chi connectivity index (χ0n) is 13.1. The number of nitrogens with zero attached hydrogens (tertiary/aromatic N) is 1. The number of nitriles is 1. The molecule has 0 aromatic carbocycles. The van der Waals surface area contributed by atoms with Crippen molar-refractivity contribution in [2.24, 2.45) is 10.8 Å². The van der Waals surface area contributed by atoms with E-state index < -0.39 is 5.41 Å². The molecule has 0 aromatic rings. The summed E-state index contributed by atoms with van der Waals surface area (Å²) in [5, 5.41) is 12.5. The van der Waals surface area contributed by atoms with Crippen LogP contribution in [0.3, 0.4) is 0 Å². The lowest BCUT2D eigenvalue weighted by molar-refractivity contribution is -0.129. The fourth-order valence-electron chi connectivity index (χ4n) is 2.82. The van der Waals surface area contributed by atoms with E-state index in [4.69, 9.17) is 4.74 Å². The predicted octanol–water partition coefficient (Wildman–Crippen LogP) is 3.03. The van der Waals surface area contributed by atoms with Gasteiger partial charge in [-0.3, -0.25) is 4.79 Å². The van der Waals surface area contributed by atoms with Crippen molar-refractivity contribution >= 4 is 5.91 Å². The molecule has 1 aliphatic carbocycles. The van der Waals surface area contributed by atoms with Gasteiger partial charge >= 0.3 is 0 Å². The lowest BCUT2D eigenvalue weighted by Gasteiger charge is -2.26. The molecule has 0 radical (unpaired) electrons. The van der Waals surface area contributed by atoms with E-state index in [-0.39, 0.29) is 11.3 Å². The number of carbonyl (C=O) groups is 1. The highest BCUT2D eigenvalue weighted by Gasteiger charge is 2.44. The monoisotopic (exact) mass is 280 g/mol. The minimum atomic E-state index is -0.833. The zero-order chi connectivity index (χ0) is 15.1. The molecule has 0 saturated heterocycles. The van der Waals surface area contributed by atoms with Crippen molar-refractivity contribution < 1.29 is 9.53 Å². The van der Waals surface area contributed by atoms with Gasteiger partial charge in [0.05, 0.1) is 6.07 Å². The van der Waals surface area contributed by atoms with Gasteiger partial charge in [-0.1, -0.05) is 26.7 Å². The number of hydrogen-bond donors (Lipinski definition) is 1. The summed E-state index contributed by atoms with van der Waals surface area (Å²) < 4.78 is 5.13. The Morgan fingerprint density at radius 2 is 1.95 bits per heavy atom. The Balaban J connectivity index is 2.56. The molecule has 1 saturated carbocycles. The molecule has 0 aromatic heterocycles. The number of hydrogen-bond acceptors (Lipinski definition) is 3. The molecule has 1 rings (SSSR count). The van der Waals surface area contributed by atoms with Gasteiger partial charge in [0.2, 0.25) is 5.91 Å². The summed E-state index contributed by atoms with van der Waals surface area (Å²) in [4.78, 5) is 12.5. The SMILES string of the molecule is CCCC(C#N)(CCC)C(=O)NCC1(CCOC)CC1. The van der Waals surface area contributed by atoms with Gasteiger partial charge in [-0.15, -0.1) is 0 Å². The third-order valence-corrected chi connectivity index (χ3v) is 4.42. The maximum atomic E-state index is 12.5. The minimum Gasteiger partial charge on any atom is -0.385 e. The normalized spacial score (nSPS) is 16.5. The Bertz CT molecular complexity index is 350. The lowest BCUT2D eigenvalue weighted by Crippen LogP contribution is -2.42. The second-order valence-electron chi connectivity index (χ2n) is 6.12. The number of amides is 1. The predicted molar refractivity (Wildman–Crippen MR) is 79.0 cm³/mol. The molecular weight excluding hydrogens is 252 g/mol. The zero-order valence-corrected chi connectivity index (χ0v) is 13.1. The Hall–Kier alpha value is -1.08. The first-order valence-corrected chi connectivity index (χ1v) is 7.76. The lowest BCUT2D eigenvalue weighted by atomic mass is 9.79. The molecule has 0 aliphatic heterocycles. The summed E-state index contributed by atoms with van der Waals surface area (Å²) in [6, 6.07) is 2.28. The number of nitrogens with one attached hydrogen (secondary N) is 1. The number of rotatable bonds is 10. The topological polar surface area (TPSA) is 62.1 Å². The molecule has 0 unspecified atom stereocenters. The van der Waals surface area contributed by atoms with Crippen molar-refractivity contribution in [3.05, 3.63) is 0 Å². The van der Waals surface area contributed by atoms with Gasteiger partial charge in [0.1, 0.15) is 5.41 Å². The fraction of sp³-hybridized carbons (Fsp3) is 0.875. The van der Waals surface area contributed by atoms with Crippen LogP contribution in [0.15, 0.2) is 0 Å². The van der Waals surface area contributed by atoms with Gasteiger partial charge in [-0.05, 0) is 37.5 Å². The van der Waals surface area contributed by atoms with Gasteiger partial charge in [0.15, 0.2) is 0 Å². The highest BCUT2D eigenvalue weighted by atomic mass is 16.5. The van der Waals surface area contributed by atoms with Gasteiger partial charge in [0, 0.05) is 20.3 Å². The molecule has 1 N–H and O–H groups in total. The molecule has 0 atom stereocenters. The molecule has 20 heavy (non-hydrogen) atoms. The van der Waals surface area contributed by atoms with Crippen LogP contribution in [0.25, 0.3) is 0 Å². The Labute approximate surface area is 122 Å². The molecule has 114 valence electrons. The van der Waals surface area contributed by atoms with E-state index in [1.54, 1.807) is 7.11 Å². The van der Waals surface area contributed by atoms with E-state index in [0.29, 0.717) is 19.4 Å². The van der Waals surface area contributed by atoms with Gasteiger partial charge < -0.3 is 10.1 Å². The highest BCUT2D eigenvalue weighted by Crippen LogP contribution is 2.48. The Kier molecular flexibility index (Phi) is 6.48. The summed E-state index contributed by atoms with van der Waals surface area (Å²) in [6.45, 7) is 5.47. The molecule has 1 amide bonds. The van der Waals surface area contributed by atoms with Crippen LogP contribution >= 0.6 is 0 Å². The van der Waals surface area contributed by atoms with Crippen LogP contribution in [0.4, 0.5) is 0 Å². The molecule has 0 bridgehead atoms.